The van der Waals surface area contributed by atoms with Gasteiger partial charge in [-0.2, -0.15) is 0 Å². The predicted octanol–water partition coefficient (Wildman–Crippen LogP) is 1.61. The van der Waals surface area contributed by atoms with Crippen LogP contribution >= 0.6 is 0 Å². The number of aromatic amines is 1. The van der Waals surface area contributed by atoms with Crippen LogP contribution in [0.3, 0.4) is 0 Å². The molecule has 1 heterocycles. The number of imidazole rings is 1. The summed E-state index contributed by atoms with van der Waals surface area (Å²) in [6.07, 6.45) is 0. The largest absolute Gasteiger partial charge is 0.399 e. The lowest BCUT2D eigenvalue weighted by Gasteiger charge is -2.05. The van der Waals surface area contributed by atoms with Gasteiger partial charge in [0.1, 0.15) is 13.7 Å². The summed E-state index contributed by atoms with van der Waals surface area (Å²) in [7, 11) is 5.79. The summed E-state index contributed by atoms with van der Waals surface area (Å²) in [6, 6.07) is 13.4. The number of nitrogen functional groups attached to an aromatic ring is 1. The molecule has 3 N–H and O–H groups in total. The molecule has 0 spiro atoms. The molecular weight excluding hydrogens is 209 g/mol. The number of aromatic nitrogens is 2. The van der Waals surface area contributed by atoms with E-state index >= 15 is 0 Å². The first-order chi connectivity index (χ1) is 8.25. The molecular formula is C13H10BN3. The monoisotopic (exact) mass is 219 g/mol. The molecule has 17 heavy (non-hydrogen) atoms. The fraction of sp³-hybridized carbons (Fsp3) is 0. The lowest BCUT2D eigenvalue weighted by atomic mass is 9.92. The van der Waals surface area contributed by atoms with Gasteiger partial charge in [-0.1, -0.05) is 29.7 Å². The number of H-pyrrole nitrogens is 1. The van der Waals surface area contributed by atoms with E-state index in [0.29, 0.717) is 11.2 Å². The molecule has 3 nitrogen and oxygen atoms in total. The SMILES string of the molecule is [B]c1cccc(-c2nc3ccccc3[nH]2)c1N. The lowest BCUT2D eigenvalue weighted by Crippen LogP contribution is -2.10. The summed E-state index contributed by atoms with van der Waals surface area (Å²) >= 11 is 0. The van der Waals surface area contributed by atoms with Crippen LogP contribution in [0.25, 0.3) is 22.4 Å². The standard InChI is InChI=1S/C13H10BN3/c14-9-5-3-4-8(12(9)15)13-16-10-6-1-2-7-11(10)17-13/h1-7H,15H2,(H,16,17). The van der Waals surface area contributed by atoms with Crippen LogP contribution in [0.1, 0.15) is 0 Å². The Hall–Kier alpha value is -2.23. The normalized spacial score (nSPS) is 10.8. The number of nitrogens with one attached hydrogen (secondary N) is 1. The first-order valence-corrected chi connectivity index (χ1v) is 5.35. The molecule has 0 fully saturated rings. The lowest BCUT2D eigenvalue weighted by molar-refractivity contribution is 1.34. The average molecular weight is 219 g/mol. The third kappa shape index (κ3) is 1.58. The van der Waals surface area contributed by atoms with E-state index in [0.717, 1.165) is 22.4 Å². The smallest absolute Gasteiger partial charge is 0.140 e. The van der Waals surface area contributed by atoms with Gasteiger partial charge >= 0.3 is 0 Å². The Labute approximate surface area is 100 Å². The third-order valence-electron chi connectivity index (χ3n) is 2.78. The topological polar surface area (TPSA) is 54.7 Å². The van der Waals surface area contributed by atoms with Gasteiger partial charge in [0.15, 0.2) is 0 Å². The minimum Gasteiger partial charge on any atom is -0.399 e. The number of nitrogens with zero attached hydrogens (tertiary/aromatic N) is 1. The van der Waals surface area contributed by atoms with Crippen molar-refractivity contribution in [1.29, 1.82) is 0 Å². The number of anilines is 1. The molecule has 0 bridgehead atoms. The molecule has 0 aliphatic rings. The molecule has 3 aromatic rings. The zero-order valence-electron chi connectivity index (χ0n) is 9.14. The van der Waals surface area contributed by atoms with E-state index in [1.807, 2.05) is 36.4 Å². The quantitative estimate of drug-likeness (QED) is 0.482. The molecule has 80 valence electrons. The second-order valence-corrected chi connectivity index (χ2v) is 3.91. The first-order valence-electron chi connectivity index (χ1n) is 5.35. The van der Waals surface area contributed by atoms with Crippen molar-refractivity contribution < 1.29 is 0 Å². The van der Waals surface area contributed by atoms with Crippen molar-refractivity contribution in [2.75, 3.05) is 5.73 Å². The van der Waals surface area contributed by atoms with Crippen LogP contribution in [0, 0.1) is 0 Å². The van der Waals surface area contributed by atoms with Crippen molar-refractivity contribution in [2.45, 2.75) is 0 Å². The number of benzene rings is 2. The number of hydrogen-bond donors (Lipinski definition) is 2. The molecule has 0 saturated carbocycles. The minimum atomic E-state index is 0.562. The predicted molar refractivity (Wildman–Crippen MR) is 71.3 cm³/mol. The van der Waals surface area contributed by atoms with Gasteiger partial charge in [0.2, 0.25) is 0 Å². The van der Waals surface area contributed by atoms with Gasteiger partial charge in [-0.3, -0.25) is 0 Å². The van der Waals surface area contributed by atoms with Crippen LogP contribution in [0.5, 0.6) is 0 Å². The highest BCUT2D eigenvalue weighted by Gasteiger charge is 2.08. The third-order valence-corrected chi connectivity index (χ3v) is 2.78. The number of fused-ring (bicyclic) bond motifs is 1. The maximum absolute atomic E-state index is 5.95. The molecule has 3 rings (SSSR count). The van der Waals surface area contributed by atoms with Crippen molar-refractivity contribution in [1.82, 2.24) is 9.97 Å². The van der Waals surface area contributed by atoms with Crippen LogP contribution in [-0.4, -0.2) is 17.8 Å². The summed E-state index contributed by atoms with van der Waals surface area (Å²) in [5.74, 6) is 0.746. The Morgan fingerprint density at radius 3 is 2.71 bits per heavy atom. The fourth-order valence-electron chi connectivity index (χ4n) is 1.87. The van der Waals surface area contributed by atoms with Crippen LogP contribution in [-0.2, 0) is 0 Å². The van der Waals surface area contributed by atoms with Crippen LogP contribution in [0.2, 0.25) is 0 Å². The van der Waals surface area contributed by atoms with E-state index in [4.69, 9.17) is 13.6 Å². The molecule has 0 saturated heterocycles. The van der Waals surface area contributed by atoms with Gasteiger partial charge in [0.25, 0.3) is 0 Å². The summed E-state index contributed by atoms with van der Waals surface area (Å²) in [5, 5.41) is 0. The summed E-state index contributed by atoms with van der Waals surface area (Å²) < 4.78 is 0. The Morgan fingerprint density at radius 1 is 1.06 bits per heavy atom. The van der Waals surface area contributed by atoms with Gasteiger partial charge in [-0.05, 0) is 18.2 Å². The van der Waals surface area contributed by atoms with Crippen LogP contribution in [0.15, 0.2) is 42.5 Å². The zero-order valence-corrected chi connectivity index (χ0v) is 9.14. The summed E-state index contributed by atoms with van der Waals surface area (Å²) in [5.41, 5.74) is 9.83. The highest BCUT2D eigenvalue weighted by molar-refractivity contribution is 6.36. The molecule has 2 radical (unpaired) electrons. The molecule has 4 heteroatoms. The number of rotatable bonds is 1. The second-order valence-electron chi connectivity index (χ2n) is 3.91. The van der Waals surface area contributed by atoms with Crippen molar-refractivity contribution in [2.24, 2.45) is 0 Å². The molecule has 1 aromatic heterocycles. The van der Waals surface area contributed by atoms with E-state index in [1.165, 1.54) is 0 Å². The number of nitrogens with two attached hydrogens (primary N) is 1. The molecule has 0 atom stereocenters. The molecule has 0 unspecified atom stereocenters. The van der Waals surface area contributed by atoms with Crippen molar-refractivity contribution >= 4 is 30.0 Å². The molecule has 0 amide bonds. The fourth-order valence-corrected chi connectivity index (χ4v) is 1.87. The Balaban J connectivity index is 2.24. The van der Waals surface area contributed by atoms with Crippen LogP contribution < -0.4 is 11.2 Å². The highest BCUT2D eigenvalue weighted by Crippen LogP contribution is 2.23. The molecule has 2 aromatic carbocycles. The van der Waals surface area contributed by atoms with Crippen LogP contribution in [0.4, 0.5) is 5.69 Å². The Bertz CT molecular complexity index is 655. The maximum Gasteiger partial charge on any atom is 0.140 e. The zero-order chi connectivity index (χ0) is 11.8. The van der Waals surface area contributed by atoms with Gasteiger partial charge < -0.3 is 10.7 Å². The van der Waals surface area contributed by atoms with Gasteiger partial charge in [0.05, 0.1) is 11.0 Å². The maximum atomic E-state index is 5.95. The minimum absolute atomic E-state index is 0.562. The van der Waals surface area contributed by atoms with E-state index < -0.39 is 0 Å². The van der Waals surface area contributed by atoms with Gasteiger partial charge in [-0.15, -0.1) is 0 Å². The van der Waals surface area contributed by atoms with Gasteiger partial charge in [-0.25, -0.2) is 4.98 Å². The van der Waals surface area contributed by atoms with Crippen molar-refractivity contribution in [3.63, 3.8) is 0 Å². The van der Waals surface area contributed by atoms with E-state index in [9.17, 15) is 0 Å². The molecule has 0 aliphatic carbocycles. The average Bonchev–Trinajstić information content (AvgIpc) is 2.76. The van der Waals surface area contributed by atoms with Crippen molar-refractivity contribution in [3.8, 4) is 11.4 Å². The Morgan fingerprint density at radius 2 is 1.88 bits per heavy atom. The summed E-state index contributed by atoms with van der Waals surface area (Å²) in [6.45, 7) is 0. The van der Waals surface area contributed by atoms with Gasteiger partial charge in [0, 0.05) is 11.3 Å². The second kappa shape index (κ2) is 3.66. The molecule has 0 aliphatic heterocycles. The highest BCUT2D eigenvalue weighted by atomic mass is 14.9. The summed E-state index contributed by atoms with van der Waals surface area (Å²) in [4.78, 5) is 7.73. The van der Waals surface area contributed by atoms with Crippen molar-refractivity contribution in [3.05, 3.63) is 42.5 Å². The number of para-hydroxylation sites is 3. The Kier molecular flexibility index (Phi) is 2.15. The van der Waals surface area contributed by atoms with E-state index in [1.54, 1.807) is 6.07 Å². The number of hydrogen-bond acceptors (Lipinski definition) is 2. The van der Waals surface area contributed by atoms with E-state index in [2.05, 4.69) is 9.97 Å². The van der Waals surface area contributed by atoms with E-state index in [-0.39, 0.29) is 0 Å². The first kappa shape index (κ1) is 9.96.